The van der Waals surface area contributed by atoms with E-state index in [1.165, 1.54) is 0 Å². The highest BCUT2D eigenvalue weighted by Crippen LogP contribution is 2.35. The molecule has 0 aliphatic carbocycles. The number of phenolic OH excluding ortho intramolecular Hbond substituents is 1. The summed E-state index contributed by atoms with van der Waals surface area (Å²) in [5, 5.41) is 21.8. The number of para-hydroxylation sites is 1. The summed E-state index contributed by atoms with van der Waals surface area (Å²) in [6, 6.07) is 7.09. The van der Waals surface area contributed by atoms with Crippen molar-refractivity contribution in [2.24, 2.45) is 0 Å². The van der Waals surface area contributed by atoms with Crippen LogP contribution in [0.2, 0.25) is 0 Å². The number of hydrogen-bond donors (Lipinski definition) is 3. The van der Waals surface area contributed by atoms with Crippen molar-refractivity contribution in [3.63, 3.8) is 0 Å². The van der Waals surface area contributed by atoms with E-state index in [0.717, 1.165) is 5.56 Å². The van der Waals surface area contributed by atoms with Crippen LogP contribution in [0.25, 0.3) is 0 Å². The normalized spacial score (nSPS) is 29.2. The number of rotatable bonds is 2. The molecule has 0 amide bonds. The van der Waals surface area contributed by atoms with E-state index >= 15 is 0 Å². The molecule has 0 aromatic heterocycles. The highest BCUT2D eigenvalue weighted by Gasteiger charge is 2.41. The van der Waals surface area contributed by atoms with E-state index in [2.05, 4.69) is 5.32 Å². The van der Waals surface area contributed by atoms with Gasteiger partial charge in [-0.3, -0.25) is 4.79 Å². The molecule has 0 spiro atoms. The van der Waals surface area contributed by atoms with Gasteiger partial charge in [0.2, 0.25) is 0 Å². The summed E-state index contributed by atoms with van der Waals surface area (Å²) in [6.07, 6.45) is 0.500. The topological polar surface area (TPSA) is 69.6 Å². The van der Waals surface area contributed by atoms with Crippen molar-refractivity contribution < 1.29 is 15.0 Å². The number of aromatic hydroxyl groups is 1. The van der Waals surface area contributed by atoms with E-state index in [1.807, 2.05) is 12.1 Å². The maximum absolute atomic E-state index is 11.1. The van der Waals surface area contributed by atoms with Crippen LogP contribution in [0, 0.1) is 0 Å². The third kappa shape index (κ3) is 1.76. The first kappa shape index (κ1) is 11.0. The van der Waals surface area contributed by atoms with Crippen LogP contribution in [0.15, 0.2) is 24.3 Å². The largest absolute Gasteiger partial charge is 0.508 e. The van der Waals surface area contributed by atoms with Crippen LogP contribution in [0.3, 0.4) is 0 Å². The number of nitrogens with one attached hydrogen (secondary N) is 1. The summed E-state index contributed by atoms with van der Waals surface area (Å²) < 4.78 is 0. The molecule has 1 aromatic carbocycles. The summed E-state index contributed by atoms with van der Waals surface area (Å²) in [6.45, 7) is 2.26. The van der Waals surface area contributed by atoms with Crippen molar-refractivity contribution in [2.75, 3.05) is 6.54 Å². The van der Waals surface area contributed by atoms with Gasteiger partial charge >= 0.3 is 5.97 Å². The minimum Gasteiger partial charge on any atom is -0.508 e. The SMILES string of the molecule is CC1(C(=O)O)CC(c2ccccc2O)CN1. The minimum absolute atomic E-state index is 0.0577. The van der Waals surface area contributed by atoms with E-state index in [-0.39, 0.29) is 11.7 Å². The van der Waals surface area contributed by atoms with Gasteiger partial charge in [0.1, 0.15) is 11.3 Å². The number of hydrogen-bond acceptors (Lipinski definition) is 3. The van der Waals surface area contributed by atoms with E-state index in [4.69, 9.17) is 5.11 Å². The molecule has 4 nitrogen and oxygen atoms in total. The average Bonchev–Trinajstić information content (AvgIpc) is 2.63. The summed E-state index contributed by atoms with van der Waals surface area (Å²) in [5.74, 6) is -0.545. The van der Waals surface area contributed by atoms with Crippen LogP contribution in [0.1, 0.15) is 24.8 Å². The van der Waals surface area contributed by atoms with Gasteiger partial charge in [-0.25, -0.2) is 0 Å². The fraction of sp³-hybridized carbons (Fsp3) is 0.417. The third-order valence-electron chi connectivity index (χ3n) is 3.24. The zero-order valence-electron chi connectivity index (χ0n) is 9.10. The molecule has 86 valence electrons. The molecule has 1 aliphatic rings. The Bertz CT molecular complexity index is 418. The Morgan fingerprint density at radius 2 is 2.19 bits per heavy atom. The molecule has 0 saturated carbocycles. The van der Waals surface area contributed by atoms with Gasteiger partial charge in [-0.2, -0.15) is 0 Å². The monoisotopic (exact) mass is 221 g/mol. The maximum atomic E-state index is 11.1. The second kappa shape index (κ2) is 3.79. The predicted octanol–water partition coefficient (Wildman–Crippen LogP) is 1.31. The Kier molecular flexibility index (Phi) is 2.59. The van der Waals surface area contributed by atoms with Crippen molar-refractivity contribution in [1.82, 2.24) is 5.32 Å². The van der Waals surface area contributed by atoms with Crippen molar-refractivity contribution in [3.05, 3.63) is 29.8 Å². The lowest BCUT2D eigenvalue weighted by atomic mass is 9.90. The van der Waals surface area contributed by atoms with Crippen LogP contribution < -0.4 is 5.32 Å². The molecule has 1 aliphatic heterocycles. The smallest absolute Gasteiger partial charge is 0.323 e. The Morgan fingerprint density at radius 1 is 1.50 bits per heavy atom. The fourth-order valence-electron chi connectivity index (χ4n) is 2.20. The first-order chi connectivity index (χ1) is 7.53. The summed E-state index contributed by atoms with van der Waals surface area (Å²) in [4.78, 5) is 11.1. The molecule has 1 aromatic rings. The molecule has 4 heteroatoms. The Labute approximate surface area is 93.9 Å². The number of phenols is 1. The molecule has 2 rings (SSSR count). The van der Waals surface area contributed by atoms with Crippen LogP contribution in [0.4, 0.5) is 0 Å². The van der Waals surface area contributed by atoms with E-state index in [9.17, 15) is 9.90 Å². The van der Waals surface area contributed by atoms with Gasteiger partial charge in [0, 0.05) is 12.5 Å². The molecule has 2 atom stereocenters. The fourth-order valence-corrected chi connectivity index (χ4v) is 2.20. The van der Waals surface area contributed by atoms with Gasteiger partial charge in [-0.15, -0.1) is 0 Å². The quantitative estimate of drug-likeness (QED) is 0.704. The van der Waals surface area contributed by atoms with Crippen molar-refractivity contribution >= 4 is 5.97 Å². The number of carboxylic acid groups (broad SMARTS) is 1. The molecule has 0 radical (unpaired) electrons. The molecule has 1 fully saturated rings. The van der Waals surface area contributed by atoms with Crippen LogP contribution in [-0.4, -0.2) is 28.3 Å². The predicted molar refractivity (Wildman–Crippen MR) is 59.5 cm³/mol. The minimum atomic E-state index is -0.882. The lowest BCUT2D eigenvalue weighted by Crippen LogP contribution is -2.44. The lowest BCUT2D eigenvalue weighted by molar-refractivity contribution is -0.143. The van der Waals surface area contributed by atoms with Gasteiger partial charge in [-0.1, -0.05) is 18.2 Å². The maximum Gasteiger partial charge on any atom is 0.323 e. The van der Waals surface area contributed by atoms with Crippen molar-refractivity contribution in [3.8, 4) is 5.75 Å². The second-order valence-electron chi connectivity index (χ2n) is 4.48. The molecule has 1 heterocycles. The van der Waals surface area contributed by atoms with Crippen LogP contribution >= 0.6 is 0 Å². The summed E-state index contributed by atoms with van der Waals surface area (Å²) >= 11 is 0. The van der Waals surface area contributed by atoms with Gasteiger partial charge in [0.25, 0.3) is 0 Å². The third-order valence-corrected chi connectivity index (χ3v) is 3.24. The molecule has 1 saturated heterocycles. The van der Waals surface area contributed by atoms with Crippen LogP contribution in [-0.2, 0) is 4.79 Å². The van der Waals surface area contributed by atoms with Crippen molar-refractivity contribution in [1.29, 1.82) is 0 Å². The average molecular weight is 221 g/mol. The molecule has 2 unspecified atom stereocenters. The van der Waals surface area contributed by atoms with E-state index in [1.54, 1.807) is 19.1 Å². The number of carboxylic acids is 1. The van der Waals surface area contributed by atoms with Gasteiger partial charge < -0.3 is 15.5 Å². The zero-order valence-corrected chi connectivity index (χ0v) is 9.10. The Hall–Kier alpha value is -1.55. The standard InChI is InChI=1S/C12H15NO3/c1-12(11(15)16)6-8(7-13-12)9-4-2-3-5-10(9)14/h2-5,8,13-14H,6-7H2,1H3,(H,15,16). The number of carbonyl (C=O) groups is 1. The van der Waals surface area contributed by atoms with Gasteiger partial charge in [-0.05, 0) is 25.0 Å². The Balaban J connectivity index is 2.22. The first-order valence-electron chi connectivity index (χ1n) is 5.29. The van der Waals surface area contributed by atoms with Gasteiger partial charge in [0.15, 0.2) is 0 Å². The molecule has 16 heavy (non-hydrogen) atoms. The molecule has 0 bridgehead atoms. The molecular weight excluding hydrogens is 206 g/mol. The van der Waals surface area contributed by atoms with Gasteiger partial charge in [0.05, 0.1) is 0 Å². The number of benzene rings is 1. The second-order valence-corrected chi connectivity index (χ2v) is 4.48. The number of aliphatic carboxylic acids is 1. The first-order valence-corrected chi connectivity index (χ1v) is 5.29. The van der Waals surface area contributed by atoms with Crippen molar-refractivity contribution in [2.45, 2.75) is 24.8 Å². The summed E-state index contributed by atoms with van der Waals surface area (Å²) in [7, 11) is 0. The summed E-state index contributed by atoms with van der Waals surface area (Å²) in [5.41, 5.74) is -0.0626. The van der Waals surface area contributed by atoms with E-state index < -0.39 is 11.5 Å². The molecule has 3 N–H and O–H groups in total. The lowest BCUT2D eigenvalue weighted by Gasteiger charge is -2.18. The van der Waals surface area contributed by atoms with Crippen LogP contribution in [0.5, 0.6) is 5.75 Å². The Morgan fingerprint density at radius 3 is 2.75 bits per heavy atom. The highest BCUT2D eigenvalue weighted by molar-refractivity contribution is 5.79. The highest BCUT2D eigenvalue weighted by atomic mass is 16.4. The zero-order chi connectivity index (χ0) is 11.8. The molecular formula is C12H15NO3. The van der Waals surface area contributed by atoms with E-state index in [0.29, 0.717) is 13.0 Å².